The summed E-state index contributed by atoms with van der Waals surface area (Å²) in [7, 11) is 0. The Labute approximate surface area is 108 Å². The molecule has 4 heteroatoms. The lowest BCUT2D eigenvalue weighted by atomic mass is 10.2. The first-order chi connectivity index (χ1) is 7.27. The summed E-state index contributed by atoms with van der Waals surface area (Å²) in [4.78, 5) is 12.8. The second kappa shape index (κ2) is 7.11. The fourth-order valence-corrected chi connectivity index (χ4v) is 1.90. The Hall–Kier alpha value is -0.230. The third-order valence-electron chi connectivity index (χ3n) is 1.95. The topological polar surface area (TPSA) is 29.1 Å². The maximum absolute atomic E-state index is 11.6. The molecule has 1 aromatic carbocycles. The van der Waals surface area contributed by atoms with E-state index in [1.54, 1.807) is 11.8 Å². The highest BCUT2D eigenvalue weighted by molar-refractivity contribution is 14.1. The van der Waals surface area contributed by atoms with Crippen molar-refractivity contribution in [1.29, 1.82) is 0 Å². The molecule has 1 amide bonds. The van der Waals surface area contributed by atoms with Gasteiger partial charge in [0.1, 0.15) is 0 Å². The summed E-state index contributed by atoms with van der Waals surface area (Å²) in [5, 5.41) is 2.89. The molecular weight excluding hydrogens is 321 g/mol. The third-order valence-corrected chi connectivity index (χ3v) is 3.45. The SMILES string of the molecule is CSc1ccc(C(=O)NCCCI)cc1. The van der Waals surface area contributed by atoms with Crippen molar-refractivity contribution in [2.45, 2.75) is 11.3 Å². The van der Waals surface area contributed by atoms with E-state index in [2.05, 4.69) is 27.9 Å². The normalized spacial score (nSPS) is 10.0. The van der Waals surface area contributed by atoms with Gasteiger partial charge in [-0.2, -0.15) is 0 Å². The van der Waals surface area contributed by atoms with Crippen LogP contribution in [0.5, 0.6) is 0 Å². The number of hydrogen-bond acceptors (Lipinski definition) is 2. The average Bonchev–Trinajstić information content (AvgIpc) is 2.29. The van der Waals surface area contributed by atoms with Crippen molar-refractivity contribution in [2.75, 3.05) is 17.2 Å². The molecule has 1 rings (SSSR count). The number of alkyl halides is 1. The predicted molar refractivity (Wildman–Crippen MR) is 74.1 cm³/mol. The number of nitrogens with one attached hydrogen (secondary N) is 1. The molecule has 0 heterocycles. The Kier molecular flexibility index (Phi) is 6.09. The van der Waals surface area contributed by atoms with Gasteiger partial charge in [0.15, 0.2) is 0 Å². The molecule has 1 N–H and O–H groups in total. The minimum absolute atomic E-state index is 0.0208. The molecule has 0 unspecified atom stereocenters. The van der Waals surface area contributed by atoms with Gasteiger partial charge in [0.2, 0.25) is 0 Å². The van der Waals surface area contributed by atoms with Gasteiger partial charge >= 0.3 is 0 Å². The number of carbonyl (C=O) groups is 1. The van der Waals surface area contributed by atoms with E-state index in [0.717, 1.165) is 23.0 Å². The van der Waals surface area contributed by atoms with E-state index in [4.69, 9.17) is 0 Å². The van der Waals surface area contributed by atoms with Gasteiger partial charge in [0.25, 0.3) is 5.91 Å². The number of halogens is 1. The van der Waals surface area contributed by atoms with Crippen molar-refractivity contribution in [3.05, 3.63) is 29.8 Å². The lowest BCUT2D eigenvalue weighted by molar-refractivity contribution is 0.0954. The summed E-state index contributed by atoms with van der Waals surface area (Å²) in [6.45, 7) is 0.756. The highest BCUT2D eigenvalue weighted by Gasteiger charge is 2.03. The summed E-state index contributed by atoms with van der Waals surface area (Å²) in [5.41, 5.74) is 0.737. The Morgan fingerprint density at radius 3 is 2.60 bits per heavy atom. The van der Waals surface area contributed by atoms with Crippen LogP contribution in [-0.4, -0.2) is 23.1 Å². The van der Waals surface area contributed by atoms with Crippen LogP contribution in [0.2, 0.25) is 0 Å². The molecule has 0 saturated heterocycles. The Morgan fingerprint density at radius 1 is 1.40 bits per heavy atom. The van der Waals surface area contributed by atoms with Gasteiger partial charge in [-0.3, -0.25) is 4.79 Å². The quantitative estimate of drug-likeness (QED) is 0.388. The molecule has 0 aromatic heterocycles. The largest absolute Gasteiger partial charge is 0.352 e. The van der Waals surface area contributed by atoms with E-state index in [-0.39, 0.29) is 5.91 Å². The lowest BCUT2D eigenvalue weighted by Gasteiger charge is -2.04. The van der Waals surface area contributed by atoms with Gasteiger partial charge in [-0.05, 0) is 36.9 Å². The van der Waals surface area contributed by atoms with Crippen molar-refractivity contribution in [3.63, 3.8) is 0 Å². The second-order valence-electron chi connectivity index (χ2n) is 3.03. The number of amides is 1. The Balaban J connectivity index is 2.50. The summed E-state index contributed by atoms with van der Waals surface area (Å²) in [5.74, 6) is 0.0208. The molecule has 0 fully saturated rings. The number of carbonyl (C=O) groups excluding carboxylic acids is 1. The minimum Gasteiger partial charge on any atom is -0.352 e. The molecule has 1 aromatic rings. The van der Waals surface area contributed by atoms with Gasteiger partial charge < -0.3 is 5.32 Å². The zero-order chi connectivity index (χ0) is 11.1. The molecule has 82 valence electrons. The Morgan fingerprint density at radius 2 is 2.07 bits per heavy atom. The molecule has 0 aliphatic carbocycles. The first-order valence-electron chi connectivity index (χ1n) is 4.76. The van der Waals surface area contributed by atoms with Crippen molar-refractivity contribution in [1.82, 2.24) is 5.32 Å². The van der Waals surface area contributed by atoms with E-state index in [9.17, 15) is 4.79 Å². The summed E-state index contributed by atoms with van der Waals surface area (Å²) < 4.78 is 1.07. The molecule has 0 atom stereocenters. The number of thioether (sulfide) groups is 1. The maximum Gasteiger partial charge on any atom is 0.251 e. The van der Waals surface area contributed by atoms with Gasteiger partial charge in [0, 0.05) is 21.4 Å². The minimum atomic E-state index is 0.0208. The molecule has 0 aliphatic rings. The van der Waals surface area contributed by atoms with E-state index >= 15 is 0 Å². The van der Waals surface area contributed by atoms with Crippen molar-refractivity contribution < 1.29 is 4.79 Å². The van der Waals surface area contributed by atoms with Crippen molar-refractivity contribution >= 4 is 40.3 Å². The van der Waals surface area contributed by atoms with Crippen LogP contribution in [0.1, 0.15) is 16.8 Å². The molecule has 0 bridgehead atoms. The molecular formula is C11H14INOS. The van der Waals surface area contributed by atoms with Crippen LogP contribution < -0.4 is 5.32 Å². The molecule has 0 aliphatic heterocycles. The molecule has 0 radical (unpaired) electrons. The van der Waals surface area contributed by atoms with Crippen LogP contribution in [-0.2, 0) is 0 Å². The predicted octanol–water partition coefficient (Wildman–Crippen LogP) is 2.96. The number of benzene rings is 1. The highest BCUT2D eigenvalue weighted by atomic mass is 127. The van der Waals surface area contributed by atoms with Crippen LogP contribution in [0.4, 0.5) is 0 Å². The van der Waals surface area contributed by atoms with Crippen molar-refractivity contribution in [2.24, 2.45) is 0 Å². The smallest absolute Gasteiger partial charge is 0.251 e. The second-order valence-corrected chi connectivity index (χ2v) is 4.99. The van der Waals surface area contributed by atoms with Gasteiger partial charge in [-0.1, -0.05) is 22.6 Å². The molecule has 0 spiro atoms. The first-order valence-corrected chi connectivity index (χ1v) is 7.51. The monoisotopic (exact) mass is 335 g/mol. The van der Waals surface area contributed by atoms with Gasteiger partial charge in [-0.25, -0.2) is 0 Å². The van der Waals surface area contributed by atoms with Crippen LogP contribution in [0.25, 0.3) is 0 Å². The summed E-state index contributed by atoms with van der Waals surface area (Å²) >= 11 is 3.98. The third kappa shape index (κ3) is 4.42. The molecule has 2 nitrogen and oxygen atoms in total. The average molecular weight is 335 g/mol. The molecule has 15 heavy (non-hydrogen) atoms. The van der Waals surface area contributed by atoms with Gasteiger partial charge in [-0.15, -0.1) is 11.8 Å². The Bertz CT molecular complexity index is 313. The summed E-state index contributed by atoms with van der Waals surface area (Å²) in [6.07, 6.45) is 3.05. The van der Waals surface area contributed by atoms with E-state index < -0.39 is 0 Å². The fourth-order valence-electron chi connectivity index (χ4n) is 1.11. The van der Waals surface area contributed by atoms with E-state index in [1.807, 2.05) is 30.5 Å². The first kappa shape index (κ1) is 12.8. The van der Waals surface area contributed by atoms with Crippen LogP contribution >= 0.6 is 34.4 Å². The van der Waals surface area contributed by atoms with E-state index in [1.165, 1.54) is 4.90 Å². The number of rotatable bonds is 5. The van der Waals surface area contributed by atoms with Crippen molar-refractivity contribution in [3.8, 4) is 0 Å². The standard InChI is InChI=1S/C11H14INOS/c1-15-10-5-3-9(4-6-10)11(14)13-8-2-7-12/h3-6H,2,7-8H2,1H3,(H,13,14). The van der Waals surface area contributed by atoms with Gasteiger partial charge in [0.05, 0.1) is 0 Å². The van der Waals surface area contributed by atoms with Crippen LogP contribution in [0, 0.1) is 0 Å². The summed E-state index contributed by atoms with van der Waals surface area (Å²) in [6, 6.07) is 7.67. The van der Waals surface area contributed by atoms with Crippen LogP contribution in [0.15, 0.2) is 29.2 Å². The number of hydrogen-bond donors (Lipinski definition) is 1. The van der Waals surface area contributed by atoms with Crippen LogP contribution in [0.3, 0.4) is 0 Å². The lowest BCUT2D eigenvalue weighted by Crippen LogP contribution is -2.24. The molecule has 0 saturated carbocycles. The highest BCUT2D eigenvalue weighted by Crippen LogP contribution is 2.14. The zero-order valence-electron chi connectivity index (χ0n) is 8.63. The maximum atomic E-state index is 11.6. The van der Waals surface area contributed by atoms with E-state index in [0.29, 0.717) is 0 Å². The fraction of sp³-hybridized carbons (Fsp3) is 0.364. The zero-order valence-corrected chi connectivity index (χ0v) is 11.6.